The van der Waals surface area contributed by atoms with Crippen molar-refractivity contribution in [2.24, 2.45) is 0 Å². The van der Waals surface area contributed by atoms with Crippen molar-refractivity contribution in [2.45, 2.75) is 6.92 Å². The summed E-state index contributed by atoms with van der Waals surface area (Å²) in [4.78, 5) is 12.1. The molecule has 0 heterocycles. The van der Waals surface area contributed by atoms with Crippen LogP contribution >= 0.6 is 15.9 Å². The highest BCUT2D eigenvalue weighted by Crippen LogP contribution is 2.21. The molecule has 0 aromatic heterocycles. The molecule has 0 aliphatic carbocycles. The van der Waals surface area contributed by atoms with Crippen LogP contribution in [0.25, 0.3) is 0 Å². The second kappa shape index (κ2) is 5.23. The minimum Gasteiger partial charge on any atom is -0.398 e. The van der Waals surface area contributed by atoms with Crippen LogP contribution in [0.4, 0.5) is 11.4 Å². The van der Waals surface area contributed by atoms with Gasteiger partial charge in [0, 0.05) is 21.4 Å². The van der Waals surface area contributed by atoms with E-state index < -0.39 is 0 Å². The molecule has 0 aliphatic heterocycles. The summed E-state index contributed by atoms with van der Waals surface area (Å²) in [5, 5.41) is 2.87. The first-order valence-electron chi connectivity index (χ1n) is 5.50. The number of nitrogen functional groups attached to an aromatic ring is 1. The lowest BCUT2D eigenvalue weighted by atomic mass is 10.1. The van der Waals surface area contributed by atoms with Gasteiger partial charge in [-0.2, -0.15) is 0 Å². The minimum atomic E-state index is -0.148. The standard InChI is InChI=1S/C14H13BrN2O/c1-9-4-2-3-5-13(9)17-14(18)10-6-7-12(16)11(15)8-10/h2-8H,16H2,1H3,(H,17,18). The van der Waals surface area contributed by atoms with Crippen LogP contribution in [0.3, 0.4) is 0 Å². The second-order valence-electron chi connectivity index (χ2n) is 4.01. The van der Waals surface area contributed by atoms with Crippen LogP contribution in [-0.2, 0) is 0 Å². The summed E-state index contributed by atoms with van der Waals surface area (Å²) in [6, 6.07) is 12.8. The van der Waals surface area contributed by atoms with Crippen LogP contribution < -0.4 is 11.1 Å². The highest BCUT2D eigenvalue weighted by atomic mass is 79.9. The third-order valence-corrected chi connectivity index (χ3v) is 3.34. The van der Waals surface area contributed by atoms with Gasteiger partial charge in [0.25, 0.3) is 5.91 Å². The number of aryl methyl sites for hydroxylation is 1. The zero-order valence-corrected chi connectivity index (χ0v) is 11.5. The van der Waals surface area contributed by atoms with Crippen LogP contribution in [0.15, 0.2) is 46.9 Å². The molecular weight excluding hydrogens is 292 g/mol. The number of hydrogen-bond donors (Lipinski definition) is 2. The average Bonchev–Trinajstić information content (AvgIpc) is 2.35. The molecule has 3 nitrogen and oxygen atoms in total. The molecule has 18 heavy (non-hydrogen) atoms. The first-order chi connectivity index (χ1) is 8.58. The van der Waals surface area contributed by atoms with Gasteiger partial charge in [0.1, 0.15) is 0 Å². The molecule has 2 aromatic rings. The Kier molecular flexibility index (Phi) is 3.67. The number of para-hydroxylation sites is 1. The number of amides is 1. The van der Waals surface area contributed by atoms with E-state index >= 15 is 0 Å². The van der Waals surface area contributed by atoms with Crippen LogP contribution in [0.2, 0.25) is 0 Å². The largest absolute Gasteiger partial charge is 0.398 e. The van der Waals surface area contributed by atoms with Gasteiger partial charge in [0.2, 0.25) is 0 Å². The molecule has 2 aromatic carbocycles. The van der Waals surface area contributed by atoms with Gasteiger partial charge in [-0.1, -0.05) is 18.2 Å². The molecule has 3 N–H and O–H groups in total. The fraction of sp³-hybridized carbons (Fsp3) is 0.0714. The quantitative estimate of drug-likeness (QED) is 0.833. The van der Waals surface area contributed by atoms with Crippen LogP contribution in [0.1, 0.15) is 15.9 Å². The summed E-state index contributed by atoms with van der Waals surface area (Å²) < 4.78 is 0.722. The van der Waals surface area contributed by atoms with Gasteiger partial charge in [-0.15, -0.1) is 0 Å². The zero-order valence-electron chi connectivity index (χ0n) is 9.91. The number of nitrogens with two attached hydrogens (primary N) is 1. The van der Waals surface area contributed by atoms with Gasteiger partial charge in [0.05, 0.1) is 0 Å². The number of benzene rings is 2. The van der Waals surface area contributed by atoms with Crippen molar-refractivity contribution in [3.8, 4) is 0 Å². The number of carbonyl (C=O) groups is 1. The molecule has 0 saturated carbocycles. The van der Waals surface area contributed by atoms with Crippen LogP contribution in [-0.4, -0.2) is 5.91 Å². The maximum atomic E-state index is 12.1. The first-order valence-corrected chi connectivity index (χ1v) is 6.29. The molecule has 0 fully saturated rings. The molecule has 0 spiro atoms. The molecule has 2 rings (SSSR count). The van der Waals surface area contributed by atoms with E-state index in [-0.39, 0.29) is 5.91 Å². The Morgan fingerprint density at radius 2 is 1.94 bits per heavy atom. The zero-order chi connectivity index (χ0) is 13.1. The van der Waals surface area contributed by atoms with Crippen molar-refractivity contribution >= 4 is 33.2 Å². The van der Waals surface area contributed by atoms with Gasteiger partial charge in [0.15, 0.2) is 0 Å². The van der Waals surface area contributed by atoms with Crippen LogP contribution in [0.5, 0.6) is 0 Å². The van der Waals surface area contributed by atoms with Crippen LogP contribution in [0, 0.1) is 6.92 Å². The van der Waals surface area contributed by atoms with E-state index in [0.717, 1.165) is 15.7 Å². The van der Waals surface area contributed by atoms with Gasteiger partial charge in [-0.25, -0.2) is 0 Å². The molecule has 0 bridgehead atoms. The van der Waals surface area contributed by atoms with Crippen molar-refractivity contribution in [3.63, 3.8) is 0 Å². The molecule has 1 amide bonds. The van der Waals surface area contributed by atoms with E-state index in [1.807, 2.05) is 31.2 Å². The van der Waals surface area contributed by atoms with Gasteiger partial charge < -0.3 is 11.1 Å². The van der Waals surface area contributed by atoms with Crippen molar-refractivity contribution in [3.05, 3.63) is 58.1 Å². The van der Waals surface area contributed by atoms with Gasteiger partial charge in [-0.3, -0.25) is 4.79 Å². The molecule has 0 atom stereocenters. The van der Waals surface area contributed by atoms with E-state index in [4.69, 9.17) is 5.73 Å². The number of carbonyl (C=O) groups excluding carboxylic acids is 1. The Balaban J connectivity index is 2.22. The monoisotopic (exact) mass is 304 g/mol. The lowest BCUT2D eigenvalue weighted by molar-refractivity contribution is 0.102. The molecule has 0 radical (unpaired) electrons. The maximum Gasteiger partial charge on any atom is 0.255 e. The van der Waals surface area contributed by atoms with E-state index in [9.17, 15) is 4.79 Å². The Hall–Kier alpha value is -1.81. The first kappa shape index (κ1) is 12.6. The molecular formula is C14H13BrN2O. The number of rotatable bonds is 2. The Morgan fingerprint density at radius 3 is 2.61 bits per heavy atom. The number of hydrogen-bond acceptors (Lipinski definition) is 2. The summed E-state index contributed by atoms with van der Waals surface area (Å²) in [6.45, 7) is 1.95. The minimum absolute atomic E-state index is 0.148. The summed E-state index contributed by atoms with van der Waals surface area (Å²) in [5.41, 5.74) is 8.71. The SMILES string of the molecule is Cc1ccccc1NC(=O)c1ccc(N)c(Br)c1. The number of nitrogens with one attached hydrogen (secondary N) is 1. The third kappa shape index (κ3) is 2.71. The summed E-state index contributed by atoms with van der Waals surface area (Å²) in [6.07, 6.45) is 0. The Morgan fingerprint density at radius 1 is 1.22 bits per heavy atom. The van der Waals surface area contributed by atoms with Crippen molar-refractivity contribution in [1.82, 2.24) is 0 Å². The summed E-state index contributed by atoms with van der Waals surface area (Å²) >= 11 is 3.31. The van der Waals surface area contributed by atoms with Gasteiger partial charge in [-0.05, 0) is 52.7 Å². The highest BCUT2D eigenvalue weighted by Gasteiger charge is 2.08. The Bertz CT molecular complexity index is 596. The predicted octanol–water partition coefficient (Wildman–Crippen LogP) is 3.59. The smallest absolute Gasteiger partial charge is 0.255 e. The highest BCUT2D eigenvalue weighted by molar-refractivity contribution is 9.10. The van der Waals surface area contributed by atoms with Crippen molar-refractivity contribution < 1.29 is 4.79 Å². The van der Waals surface area contributed by atoms with Crippen molar-refractivity contribution in [2.75, 3.05) is 11.1 Å². The Labute approximate surface area is 114 Å². The fourth-order valence-corrected chi connectivity index (χ4v) is 1.95. The van der Waals surface area contributed by atoms with Gasteiger partial charge >= 0.3 is 0 Å². The molecule has 0 saturated heterocycles. The third-order valence-electron chi connectivity index (χ3n) is 2.66. The summed E-state index contributed by atoms with van der Waals surface area (Å²) in [5.74, 6) is -0.148. The lowest BCUT2D eigenvalue weighted by Crippen LogP contribution is -2.12. The number of halogens is 1. The molecule has 92 valence electrons. The van der Waals surface area contributed by atoms with E-state index in [0.29, 0.717) is 11.3 Å². The maximum absolute atomic E-state index is 12.1. The van der Waals surface area contributed by atoms with E-state index in [1.165, 1.54) is 0 Å². The normalized spacial score (nSPS) is 10.1. The second-order valence-corrected chi connectivity index (χ2v) is 4.86. The fourth-order valence-electron chi connectivity index (χ4n) is 1.58. The molecule has 0 aliphatic rings. The predicted molar refractivity (Wildman–Crippen MR) is 77.7 cm³/mol. The average molecular weight is 305 g/mol. The van der Waals surface area contributed by atoms with Crippen molar-refractivity contribution in [1.29, 1.82) is 0 Å². The number of anilines is 2. The molecule has 0 unspecified atom stereocenters. The van der Waals surface area contributed by atoms with E-state index in [1.54, 1.807) is 18.2 Å². The van der Waals surface area contributed by atoms with E-state index in [2.05, 4.69) is 21.2 Å². The topological polar surface area (TPSA) is 55.1 Å². The summed E-state index contributed by atoms with van der Waals surface area (Å²) in [7, 11) is 0. The molecule has 4 heteroatoms. The lowest BCUT2D eigenvalue weighted by Gasteiger charge is -2.08.